The highest BCUT2D eigenvalue weighted by Crippen LogP contribution is 2.17. The van der Waals surface area contributed by atoms with Crippen LogP contribution in [0, 0.1) is 5.92 Å². The molecule has 0 saturated heterocycles. The standard InChI is InChI=1S/C29H62N/c1-6-8-10-12-14-16-18-20-22-26-30(5,28-24-25-29(3)4)27-23-21-19-17-15-13-11-9-7-2/h29H,6-28H2,1-5H3/q+1. The van der Waals surface area contributed by atoms with Gasteiger partial charge in [0.2, 0.25) is 0 Å². The van der Waals surface area contributed by atoms with E-state index in [1.54, 1.807) is 0 Å². The normalized spacial score (nSPS) is 12.2. The topological polar surface area (TPSA) is 0 Å². The molecule has 0 atom stereocenters. The maximum absolute atomic E-state index is 2.57. The number of quaternary nitrogens is 1. The lowest BCUT2D eigenvalue weighted by Crippen LogP contribution is -2.46. The molecule has 182 valence electrons. The minimum atomic E-state index is 0.860. The monoisotopic (exact) mass is 424 g/mol. The van der Waals surface area contributed by atoms with E-state index in [0.29, 0.717) is 0 Å². The highest BCUT2D eigenvalue weighted by atomic mass is 15.3. The lowest BCUT2D eigenvalue weighted by atomic mass is 10.0. The average molecular weight is 425 g/mol. The van der Waals surface area contributed by atoms with Crippen LogP contribution in [0.15, 0.2) is 0 Å². The van der Waals surface area contributed by atoms with E-state index in [4.69, 9.17) is 0 Å². The molecule has 0 amide bonds. The molecule has 0 aliphatic rings. The summed E-state index contributed by atoms with van der Waals surface area (Å²) in [6.07, 6.45) is 28.9. The van der Waals surface area contributed by atoms with E-state index in [1.807, 2.05) is 0 Å². The van der Waals surface area contributed by atoms with E-state index in [0.717, 1.165) is 5.92 Å². The first kappa shape index (κ1) is 30.0. The van der Waals surface area contributed by atoms with Crippen LogP contribution < -0.4 is 0 Å². The SMILES string of the molecule is CCCCCCCCCCC[N+](C)(CCCCCCCCCCC)CCCC(C)C. The van der Waals surface area contributed by atoms with E-state index >= 15 is 0 Å². The molecule has 0 aromatic heterocycles. The molecule has 0 bridgehead atoms. The van der Waals surface area contributed by atoms with Crippen LogP contribution in [0.2, 0.25) is 0 Å². The summed E-state index contributed by atoms with van der Waals surface area (Å²) in [6, 6.07) is 0. The van der Waals surface area contributed by atoms with Crippen LogP contribution in [0.25, 0.3) is 0 Å². The van der Waals surface area contributed by atoms with Gasteiger partial charge < -0.3 is 4.48 Å². The first-order valence-corrected chi connectivity index (χ1v) is 14.4. The maximum Gasteiger partial charge on any atom is 0.0784 e. The molecular formula is C29H62N+. The van der Waals surface area contributed by atoms with Crippen molar-refractivity contribution in [2.75, 3.05) is 26.7 Å². The Morgan fingerprint density at radius 1 is 0.433 bits per heavy atom. The van der Waals surface area contributed by atoms with Crippen molar-refractivity contribution in [1.29, 1.82) is 0 Å². The molecular weight excluding hydrogens is 362 g/mol. The van der Waals surface area contributed by atoms with E-state index in [-0.39, 0.29) is 0 Å². The predicted octanol–water partition coefficient (Wildman–Crippen LogP) is 9.93. The van der Waals surface area contributed by atoms with Gasteiger partial charge in [-0.15, -0.1) is 0 Å². The zero-order chi connectivity index (χ0) is 22.3. The third-order valence-electron chi connectivity index (χ3n) is 7.08. The Kier molecular flexibility index (Phi) is 22.1. The van der Waals surface area contributed by atoms with Gasteiger partial charge in [-0.25, -0.2) is 0 Å². The molecule has 0 N–H and O–H groups in total. The second kappa shape index (κ2) is 22.2. The summed E-state index contributed by atoms with van der Waals surface area (Å²) >= 11 is 0. The van der Waals surface area contributed by atoms with Crippen molar-refractivity contribution in [1.82, 2.24) is 0 Å². The van der Waals surface area contributed by atoms with Crippen LogP contribution in [0.4, 0.5) is 0 Å². The molecule has 0 radical (unpaired) electrons. The lowest BCUT2D eigenvalue weighted by molar-refractivity contribution is -0.910. The summed E-state index contributed by atoms with van der Waals surface area (Å²) in [5.41, 5.74) is 0. The number of hydrogen-bond donors (Lipinski definition) is 0. The van der Waals surface area contributed by atoms with Crippen molar-refractivity contribution in [3.05, 3.63) is 0 Å². The molecule has 1 nitrogen and oxygen atoms in total. The van der Waals surface area contributed by atoms with Crippen LogP contribution >= 0.6 is 0 Å². The molecule has 0 rings (SSSR count). The Balaban J connectivity index is 3.94. The minimum Gasteiger partial charge on any atom is -0.326 e. The third-order valence-corrected chi connectivity index (χ3v) is 7.08. The van der Waals surface area contributed by atoms with Gasteiger partial charge in [-0.3, -0.25) is 0 Å². The molecule has 0 heterocycles. The number of nitrogens with zero attached hydrogens (tertiary/aromatic N) is 1. The Morgan fingerprint density at radius 2 is 0.733 bits per heavy atom. The van der Waals surface area contributed by atoms with Crippen LogP contribution in [0.3, 0.4) is 0 Å². The highest BCUT2D eigenvalue weighted by Gasteiger charge is 2.20. The van der Waals surface area contributed by atoms with Crippen LogP contribution in [0.1, 0.15) is 156 Å². The van der Waals surface area contributed by atoms with Gasteiger partial charge in [0.05, 0.1) is 26.7 Å². The van der Waals surface area contributed by atoms with Crippen molar-refractivity contribution >= 4 is 0 Å². The number of hydrogen-bond acceptors (Lipinski definition) is 0. The first-order chi connectivity index (χ1) is 14.5. The van der Waals surface area contributed by atoms with Crippen LogP contribution in [0.5, 0.6) is 0 Å². The van der Waals surface area contributed by atoms with Gasteiger partial charge in [-0.1, -0.05) is 118 Å². The Bertz CT molecular complexity index is 300. The van der Waals surface area contributed by atoms with Gasteiger partial charge in [0, 0.05) is 0 Å². The van der Waals surface area contributed by atoms with Crippen LogP contribution in [-0.2, 0) is 0 Å². The Hall–Kier alpha value is -0.0400. The van der Waals surface area contributed by atoms with Gasteiger partial charge in [0.1, 0.15) is 0 Å². The van der Waals surface area contributed by atoms with Crippen molar-refractivity contribution in [3.8, 4) is 0 Å². The molecule has 0 saturated carbocycles. The smallest absolute Gasteiger partial charge is 0.0784 e. The van der Waals surface area contributed by atoms with Crippen molar-refractivity contribution in [2.24, 2.45) is 5.92 Å². The average Bonchev–Trinajstić information content (AvgIpc) is 2.71. The molecule has 0 aliphatic carbocycles. The van der Waals surface area contributed by atoms with Gasteiger partial charge in [-0.2, -0.15) is 0 Å². The van der Waals surface area contributed by atoms with Gasteiger partial charge in [0.25, 0.3) is 0 Å². The molecule has 0 aliphatic heterocycles. The Morgan fingerprint density at radius 3 is 1.07 bits per heavy atom. The Labute approximate surface area is 193 Å². The number of rotatable bonds is 24. The number of unbranched alkanes of at least 4 members (excludes halogenated alkanes) is 16. The van der Waals surface area contributed by atoms with Gasteiger partial charge in [-0.05, 0) is 44.4 Å². The minimum absolute atomic E-state index is 0.860. The fraction of sp³-hybridized carbons (Fsp3) is 1.00. The fourth-order valence-corrected chi connectivity index (χ4v) is 4.83. The largest absolute Gasteiger partial charge is 0.326 e. The summed E-state index contributed by atoms with van der Waals surface area (Å²) in [7, 11) is 2.57. The van der Waals surface area contributed by atoms with E-state index in [2.05, 4.69) is 34.7 Å². The maximum atomic E-state index is 2.57. The summed E-state index contributed by atoms with van der Waals surface area (Å²) in [4.78, 5) is 0. The lowest BCUT2D eigenvalue weighted by Gasteiger charge is -2.35. The first-order valence-electron chi connectivity index (χ1n) is 14.4. The third kappa shape index (κ3) is 21.2. The molecule has 0 fully saturated rings. The molecule has 1 heteroatoms. The van der Waals surface area contributed by atoms with E-state index in [1.165, 1.54) is 153 Å². The van der Waals surface area contributed by atoms with E-state index < -0.39 is 0 Å². The quantitative estimate of drug-likeness (QED) is 0.107. The highest BCUT2D eigenvalue weighted by molar-refractivity contribution is 4.52. The van der Waals surface area contributed by atoms with Crippen molar-refractivity contribution < 1.29 is 4.48 Å². The molecule has 0 unspecified atom stereocenters. The predicted molar refractivity (Wildman–Crippen MR) is 139 cm³/mol. The fourth-order valence-electron chi connectivity index (χ4n) is 4.83. The molecule has 0 aromatic carbocycles. The summed E-state index contributed by atoms with van der Waals surface area (Å²) in [6.45, 7) is 13.6. The van der Waals surface area contributed by atoms with E-state index in [9.17, 15) is 0 Å². The van der Waals surface area contributed by atoms with Gasteiger partial charge >= 0.3 is 0 Å². The summed E-state index contributed by atoms with van der Waals surface area (Å²) in [5, 5.41) is 0. The molecule has 0 aromatic rings. The van der Waals surface area contributed by atoms with Crippen molar-refractivity contribution in [3.63, 3.8) is 0 Å². The van der Waals surface area contributed by atoms with Crippen LogP contribution in [-0.4, -0.2) is 31.2 Å². The molecule has 30 heavy (non-hydrogen) atoms. The van der Waals surface area contributed by atoms with Crippen molar-refractivity contribution in [2.45, 2.75) is 156 Å². The second-order valence-corrected chi connectivity index (χ2v) is 11.0. The second-order valence-electron chi connectivity index (χ2n) is 11.0. The zero-order valence-electron chi connectivity index (χ0n) is 22.3. The summed E-state index contributed by atoms with van der Waals surface area (Å²) < 4.78 is 1.35. The summed E-state index contributed by atoms with van der Waals surface area (Å²) in [5.74, 6) is 0.860. The molecule has 0 spiro atoms. The zero-order valence-corrected chi connectivity index (χ0v) is 22.3. The van der Waals surface area contributed by atoms with Gasteiger partial charge in [0.15, 0.2) is 0 Å².